The molecule has 0 bridgehead atoms. The van der Waals surface area contributed by atoms with Crippen molar-refractivity contribution in [3.8, 4) is 17.0 Å². The summed E-state index contributed by atoms with van der Waals surface area (Å²) >= 11 is 0. The number of likely N-dealkylation sites (tertiary alicyclic amines) is 1. The van der Waals surface area contributed by atoms with E-state index in [4.69, 9.17) is 4.74 Å². The zero-order valence-electron chi connectivity index (χ0n) is 18.3. The lowest BCUT2D eigenvalue weighted by Crippen LogP contribution is -2.42. The number of pyridine rings is 1. The number of hydrogen-bond acceptors (Lipinski definition) is 5. The molecule has 166 valence electrons. The molecule has 2 fully saturated rings. The van der Waals surface area contributed by atoms with E-state index in [1.54, 1.807) is 19.4 Å². The number of ether oxygens (including phenoxy) is 1. The zero-order valence-corrected chi connectivity index (χ0v) is 18.3. The second kappa shape index (κ2) is 8.27. The molecule has 0 spiro atoms. The fourth-order valence-corrected chi connectivity index (χ4v) is 4.06. The average molecular weight is 434 g/mol. The summed E-state index contributed by atoms with van der Waals surface area (Å²) in [5.74, 6) is 1.29. The lowest BCUT2D eigenvalue weighted by molar-refractivity contribution is -0.117. The molecule has 8 nitrogen and oxygen atoms in total. The highest BCUT2D eigenvalue weighted by Gasteiger charge is 2.30. The standard InChI is InChI=1S/C24H27N5O3/c1-25-12-16-13-26-22(28-23(30)14-4-5-14)21-18(16)11-19(27-21)17-7-6-15(10-20(17)32-2)24(31)29-8-3-9-29/h6-7,10-11,13-14,25,27H,3-5,8-9,12H2,1-2H3,(H,26,28,30). The van der Waals surface area contributed by atoms with Crippen LogP contribution in [0.5, 0.6) is 5.75 Å². The van der Waals surface area contributed by atoms with Crippen LogP contribution < -0.4 is 15.4 Å². The molecule has 0 atom stereocenters. The number of methoxy groups -OCH3 is 1. The van der Waals surface area contributed by atoms with Crippen molar-refractivity contribution >= 4 is 28.5 Å². The topological polar surface area (TPSA) is 99.3 Å². The number of benzene rings is 1. The maximum absolute atomic E-state index is 12.6. The van der Waals surface area contributed by atoms with E-state index in [9.17, 15) is 9.59 Å². The molecule has 1 aromatic carbocycles. The Labute approximate surface area is 186 Å². The number of carbonyl (C=O) groups is 2. The summed E-state index contributed by atoms with van der Waals surface area (Å²) in [4.78, 5) is 34.8. The first-order valence-corrected chi connectivity index (χ1v) is 11.0. The van der Waals surface area contributed by atoms with Crippen molar-refractivity contribution in [1.82, 2.24) is 20.2 Å². The third kappa shape index (κ3) is 3.71. The first-order valence-electron chi connectivity index (χ1n) is 11.0. The van der Waals surface area contributed by atoms with Crippen molar-refractivity contribution in [2.75, 3.05) is 32.6 Å². The monoisotopic (exact) mass is 433 g/mol. The molecule has 2 amide bonds. The molecule has 1 saturated heterocycles. The second-order valence-corrected chi connectivity index (χ2v) is 8.46. The largest absolute Gasteiger partial charge is 0.496 e. The van der Waals surface area contributed by atoms with Crippen LogP contribution in [0.4, 0.5) is 5.82 Å². The first kappa shape index (κ1) is 20.5. The van der Waals surface area contributed by atoms with E-state index in [-0.39, 0.29) is 17.7 Å². The van der Waals surface area contributed by atoms with Crippen LogP contribution in [0.1, 0.15) is 35.2 Å². The number of nitrogens with zero attached hydrogens (tertiary/aromatic N) is 2. The van der Waals surface area contributed by atoms with Crippen LogP contribution in [0.3, 0.4) is 0 Å². The molecule has 3 aromatic rings. The Kier molecular flexibility index (Phi) is 5.30. The van der Waals surface area contributed by atoms with Crippen molar-refractivity contribution in [3.63, 3.8) is 0 Å². The number of rotatable bonds is 7. The summed E-state index contributed by atoms with van der Waals surface area (Å²) in [6, 6.07) is 7.59. The fourth-order valence-electron chi connectivity index (χ4n) is 4.06. The molecule has 3 heterocycles. The van der Waals surface area contributed by atoms with Crippen LogP contribution in [0.15, 0.2) is 30.5 Å². The number of fused-ring (bicyclic) bond motifs is 1. The summed E-state index contributed by atoms with van der Waals surface area (Å²) in [5.41, 5.74) is 4.12. The number of nitrogens with one attached hydrogen (secondary N) is 3. The molecular weight excluding hydrogens is 406 g/mol. The minimum absolute atomic E-state index is 0.0164. The van der Waals surface area contributed by atoms with Crippen molar-refractivity contribution in [2.45, 2.75) is 25.8 Å². The summed E-state index contributed by atoms with van der Waals surface area (Å²) in [5, 5.41) is 7.13. The number of carbonyl (C=O) groups excluding carboxylic acids is 2. The summed E-state index contributed by atoms with van der Waals surface area (Å²) < 4.78 is 5.64. The van der Waals surface area contributed by atoms with Crippen molar-refractivity contribution < 1.29 is 14.3 Å². The molecule has 1 aliphatic carbocycles. The van der Waals surface area contributed by atoms with Gasteiger partial charge < -0.3 is 25.3 Å². The molecule has 2 aliphatic rings. The molecule has 3 N–H and O–H groups in total. The Morgan fingerprint density at radius 3 is 2.72 bits per heavy atom. The predicted octanol–water partition coefficient (Wildman–Crippen LogP) is 3.15. The normalized spacial score (nSPS) is 15.5. The van der Waals surface area contributed by atoms with Crippen LogP contribution >= 0.6 is 0 Å². The van der Waals surface area contributed by atoms with E-state index in [0.29, 0.717) is 23.7 Å². The van der Waals surface area contributed by atoms with Gasteiger partial charge in [0, 0.05) is 48.3 Å². The first-order chi connectivity index (χ1) is 15.6. The van der Waals surface area contributed by atoms with Gasteiger partial charge in [0.05, 0.1) is 18.3 Å². The zero-order chi connectivity index (χ0) is 22.2. The average Bonchev–Trinajstić information content (AvgIpc) is 3.52. The van der Waals surface area contributed by atoms with Crippen molar-refractivity contribution in [1.29, 1.82) is 0 Å². The van der Waals surface area contributed by atoms with Gasteiger partial charge in [-0.05, 0) is 56.1 Å². The van der Waals surface area contributed by atoms with Gasteiger partial charge in [-0.15, -0.1) is 0 Å². The number of anilines is 1. The summed E-state index contributed by atoms with van der Waals surface area (Å²) in [7, 11) is 3.49. The van der Waals surface area contributed by atoms with Crippen molar-refractivity contribution in [2.24, 2.45) is 5.92 Å². The molecule has 0 unspecified atom stereocenters. The molecule has 32 heavy (non-hydrogen) atoms. The van der Waals surface area contributed by atoms with Crippen LogP contribution in [-0.4, -0.2) is 53.9 Å². The Bertz CT molecular complexity index is 1190. The lowest BCUT2D eigenvalue weighted by Gasteiger charge is -2.31. The van der Waals surface area contributed by atoms with Crippen LogP contribution in [-0.2, 0) is 11.3 Å². The molecule has 5 rings (SSSR count). The SMILES string of the molecule is CNCc1cnc(NC(=O)C2CC2)c2[nH]c(-c3ccc(C(=O)N4CCC4)cc3OC)cc12. The predicted molar refractivity (Wildman–Crippen MR) is 123 cm³/mol. The van der Waals surface area contributed by atoms with Gasteiger partial charge in [0.1, 0.15) is 5.75 Å². The van der Waals surface area contributed by atoms with Gasteiger partial charge in [-0.3, -0.25) is 9.59 Å². The Hall–Kier alpha value is -3.39. The minimum atomic E-state index is 0.0164. The van der Waals surface area contributed by atoms with Gasteiger partial charge in [0.25, 0.3) is 5.91 Å². The quantitative estimate of drug-likeness (QED) is 0.532. The van der Waals surface area contributed by atoms with E-state index in [0.717, 1.165) is 60.1 Å². The van der Waals surface area contributed by atoms with Crippen LogP contribution in [0.2, 0.25) is 0 Å². The summed E-state index contributed by atoms with van der Waals surface area (Å²) in [6.07, 6.45) is 4.72. The number of aromatic amines is 1. The van der Waals surface area contributed by atoms with Gasteiger partial charge in [-0.2, -0.15) is 0 Å². The third-order valence-electron chi connectivity index (χ3n) is 6.19. The van der Waals surface area contributed by atoms with E-state index >= 15 is 0 Å². The molecule has 1 aliphatic heterocycles. The fraction of sp³-hybridized carbons (Fsp3) is 0.375. The number of amides is 2. The third-order valence-corrected chi connectivity index (χ3v) is 6.19. The Morgan fingerprint density at radius 1 is 1.25 bits per heavy atom. The van der Waals surface area contributed by atoms with Gasteiger partial charge >= 0.3 is 0 Å². The Morgan fingerprint density at radius 2 is 2.06 bits per heavy atom. The second-order valence-electron chi connectivity index (χ2n) is 8.46. The van der Waals surface area contributed by atoms with E-state index < -0.39 is 0 Å². The van der Waals surface area contributed by atoms with Gasteiger partial charge in [-0.25, -0.2) is 4.98 Å². The number of aromatic nitrogens is 2. The van der Waals surface area contributed by atoms with E-state index in [2.05, 4.69) is 20.6 Å². The highest BCUT2D eigenvalue weighted by Crippen LogP contribution is 2.36. The highest BCUT2D eigenvalue weighted by molar-refractivity contribution is 6.03. The highest BCUT2D eigenvalue weighted by atomic mass is 16.5. The van der Waals surface area contributed by atoms with E-state index in [1.807, 2.05) is 30.1 Å². The maximum Gasteiger partial charge on any atom is 0.253 e. The minimum Gasteiger partial charge on any atom is -0.496 e. The van der Waals surface area contributed by atoms with Gasteiger partial charge in [-0.1, -0.05) is 0 Å². The van der Waals surface area contributed by atoms with Crippen LogP contribution in [0.25, 0.3) is 22.2 Å². The maximum atomic E-state index is 12.6. The summed E-state index contributed by atoms with van der Waals surface area (Å²) in [6.45, 7) is 2.26. The molecule has 0 radical (unpaired) electrons. The van der Waals surface area contributed by atoms with Gasteiger partial charge in [0.2, 0.25) is 5.91 Å². The van der Waals surface area contributed by atoms with E-state index in [1.165, 1.54) is 0 Å². The molecule has 2 aromatic heterocycles. The Balaban J connectivity index is 1.55. The number of H-pyrrole nitrogens is 1. The lowest BCUT2D eigenvalue weighted by atomic mass is 10.0. The molecule has 1 saturated carbocycles. The smallest absolute Gasteiger partial charge is 0.253 e. The van der Waals surface area contributed by atoms with Gasteiger partial charge in [0.15, 0.2) is 5.82 Å². The van der Waals surface area contributed by atoms with Crippen LogP contribution in [0, 0.1) is 5.92 Å². The molecular formula is C24H27N5O3. The molecule has 8 heteroatoms. The number of hydrogen-bond donors (Lipinski definition) is 3. The van der Waals surface area contributed by atoms with Crippen molar-refractivity contribution in [3.05, 3.63) is 41.6 Å².